The van der Waals surface area contributed by atoms with Gasteiger partial charge in [-0.05, 0) is 24.1 Å². The molecule has 0 radical (unpaired) electrons. The highest BCUT2D eigenvalue weighted by Crippen LogP contribution is 2.10. The smallest absolute Gasteiger partial charge is 0.377 e. The first kappa shape index (κ1) is 12.2. The van der Waals surface area contributed by atoms with Crippen molar-refractivity contribution in [2.45, 2.75) is 6.92 Å². The fraction of sp³-hybridized carbons (Fsp3) is 0.200. The van der Waals surface area contributed by atoms with E-state index in [9.17, 15) is 9.59 Å². The summed E-state index contributed by atoms with van der Waals surface area (Å²) in [7, 11) is 0. The lowest BCUT2D eigenvalue weighted by Gasteiger charge is -2.03. The molecule has 16 heavy (non-hydrogen) atoms. The molecule has 0 spiro atoms. The van der Waals surface area contributed by atoms with E-state index in [1.807, 2.05) is 0 Å². The molecule has 0 atom stereocenters. The molecule has 6 heteroatoms. The Morgan fingerprint density at radius 3 is 2.44 bits per heavy atom. The Morgan fingerprint density at radius 2 is 1.88 bits per heavy atom. The summed E-state index contributed by atoms with van der Waals surface area (Å²) in [5.74, 6) is -2.14. The topological polar surface area (TPSA) is 82.1 Å². The molecule has 0 aliphatic heterocycles. The third-order valence-corrected chi connectivity index (χ3v) is 1.65. The summed E-state index contributed by atoms with van der Waals surface area (Å²) in [4.78, 5) is 30.7. The minimum absolute atomic E-state index is 0.102. The maximum atomic E-state index is 11.4. The monoisotopic (exact) mass is 226 g/mol. The summed E-state index contributed by atoms with van der Waals surface area (Å²) >= 11 is 0. The quantitative estimate of drug-likeness (QED) is 0.464. The van der Waals surface area contributed by atoms with Crippen molar-refractivity contribution in [2.75, 3.05) is 6.61 Å². The summed E-state index contributed by atoms with van der Waals surface area (Å²) in [5.41, 5.74) is -0.262. The van der Waals surface area contributed by atoms with Gasteiger partial charge >= 0.3 is 11.9 Å². The number of aromatic carboxylic acids is 1. The van der Waals surface area contributed by atoms with Crippen molar-refractivity contribution in [2.24, 2.45) is 0 Å². The number of hydrogen-bond donors (Lipinski definition) is 1. The predicted octanol–water partition coefficient (Wildman–Crippen LogP) is 1.42. The average molecular weight is 226 g/mol. The van der Waals surface area contributed by atoms with Crippen LogP contribution < -0.4 is 0 Å². The van der Waals surface area contributed by atoms with E-state index in [-0.39, 0.29) is 17.7 Å². The van der Waals surface area contributed by atoms with Crippen molar-refractivity contribution in [1.29, 1.82) is 0 Å². The number of rotatable bonds is 5. The van der Waals surface area contributed by atoms with Gasteiger partial charge in [0.05, 0.1) is 17.7 Å². The lowest BCUT2D eigenvalue weighted by Crippen LogP contribution is -2.12. The molecule has 1 aromatic rings. The molecule has 0 heterocycles. The molecule has 0 saturated carbocycles. The van der Waals surface area contributed by atoms with E-state index in [2.05, 4.69) is 14.8 Å². The second kappa shape index (κ2) is 5.84. The van der Waals surface area contributed by atoms with E-state index in [0.717, 1.165) is 0 Å². The minimum atomic E-state index is -1.22. The molecule has 86 valence electrons. The van der Waals surface area contributed by atoms with Gasteiger partial charge in [0.1, 0.15) is 0 Å². The summed E-state index contributed by atoms with van der Waals surface area (Å²) < 4.78 is 0. The summed E-state index contributed by atoms with van der Waals surface area (Å²) in [5, 5.41) is 12.9. The number of carboxylic acid groups (broad SMARTS) is 1. The summed E-state index contributed by atoms with van der Waals surface area (Å²) in [6.07, 6.45) is 0. The fourth-order valence-corrected chi connectivity index (χ4v) is 0.996. The summed E-state index contributed by atoms with van der Waals surface area (Å²) in [6, 6.07) is 5.63. The van der Waals surface area contributed by atoms with Gasteiger partial charge < -0.3 is 5.11 Å². The van der Waals surface area contributed by atoms with Crippen molar-refractivity contribution < 1.29 is 29.5 Å². The van der Waals surface area contributed by atoms with E-state index in [1.165, 1.54) is 24.3 Å². The fourth-order valence-electron chi connectivity index (χ4n) is 0.996. The van der Waals surface area contributed by atoms with Crippen molar-refractivity contribution >= 4 is 11.9 Å². The lowest BCUT2D eigenvalue weighted by molar-refractivity contribution is -0.479. The first-order chi connectivity index (χ1) is 7.66. The molecule has 0 bridgehead atoms. The van der Waals surface area contributed by atoms with Crippen LogP contribution in [0.5, 0.6) is 0 Å². The van der Waals surface area contributed by atoms with Gasteiger partial charge in [-0.15, -0.1) is 0 Å². The van der Waals surface area contributed by atoms with Crippen LogP contribution in [0.3, 0.4) is 0 Å². The zero-order valence-corrected chi connectivity index (χ0v) is 8.50. The van der Waals surface area contributed by atoms with Gasteiger partial charge in [0.25, 0.3) is 0 Å². The third kappa shape index (κ3) is 3.04. The number of carboxylic acids is 1. The number of hydrogen-bond acceptors (Lipinski definition) is 5. The zero-order chi connectivity index (χ0) is 12.0. The SMILES string of the molecule is CCOOOC(=O)c1ccccc1C(=O)O. The van der Waals surface area contributed by atoms with Crippen molar-refractivity contribution in [3.63, 3.8) is 0 Å². The molecular formula is C10H10O6. The van der Waals surface area contributed by atoms with Crippen LogP contribution in [0.4, 0.5) is 0 Å². The number of carbonyl (C=O) groups is 2. The maximum absolute atomic E-state index is 11.4. The van der Waals surface area contributed by atoms with Crippen LogP contribution in [-0.2, 0) is 14.8 Å². The molecule has 0 unspecified atom stereocenters. The van der Waals surface area contributed by atoms with Crippen molar-refractivity contribution in [3.8, 4) is 0 Å². The molecule has 6 nitrogen and oxygen atoms in total. The molecule has 0 aromatic heterocycles. The minimum Gasteiger partial charge on any atom is -0.478 e. The van der Waals surface area contributed by atoms with Crippen LogP contribution >= 0.6 is 0 Å². The molecule has 0 aliphatic carbocycles. The van der Waals surface area contributed by atoms with Crippen molar-refractivity contribution in [3.05, 3.63) is 35.4 Å². The molecular weight excluding hydrogens is 216 g/mol. The van der Waals surface area contributed by atoms with E-state index in [1.54, 1.807) is 6.92 Å². The second-order valence-electron chi connectivity index (χ2n) is 2.70. The van der Waals surface area contributed by atoms with Gasteiger partial charge in [0.2, 0.25) is 0 Å². The second-order valence-corrected chi connectivity index (χ2v) is 2.70. The third-order valence-electron chi connectivity index (χ3n) is 1.65. The van der Waals surface area contributed by atoms with Gasteiger partial charge in [-0.3, -0.25) is 4.89 Å². The standard InChI is InChI=1S/C10H10O6/c1-2-14-16-15-10(13)8-6-4-3-5-7(8)9(11)12/h3-6H,2H2,1H3,(H,11,12). The van der Waals surface area contributed by atoms with Crippen LogP contribution in [0.25, 0.3) is 0 Å². The predicted molar refractivity (Wildman–Crippen MR) is 51.5 cm³/mol. The molecule has 0 aliphatic rings. The molecule has 1 rings (SSSR count). The molecule has 1 N–H and O–H groups in total. The number of carbonyl (C=O) groups excluding carboxylic acids is 1. The Morgan fingerprint density at radius 1 is 1.25 bits per heavy atom. The number of benzene rings is 1. The van der Waals surface area contributed by atoms with Gasteiger partial charge in [-0.2, -0.15) is 4.89 Å². The van der Waals surface area contributed by atoms with E-state index in [0.29, 0.717) is 0 Å². The Balaban J connectivity index is 2.78. The van der Waals surface area contributed by atoms with Gasteiger partial charge in [-0.1, -0.05) is 12.1 Å². The van der Waals surface area contributed by atoms with Crippen LogP contribution in [0.15, 0.2) is 24.3 Å². The van der Waals surface area contributed by atoms with E-state index >= 15 is 0 Å². The molecule has 1 aromatic carbocycles. The van der Waals surface area contributed by atoms with Crippen LogP contribution in [0.2, 0.25) is 0 Å². The lowest BCUT2D eigenvalue weighted by atomic mass is 10.1. The largest absolute Gasteiger partial charge is 0.478 e. The van der Waals surface area contributed by atoms with Gasteiger partial charge in [-0.25, -0.2) is 9.59 Å². The van der Waals surface area contributed by atoms with Crippen LogP contribution in [0, 0.1) is 0 Å². The molecule has 0 amide bonds. The first-order valence-electron chi connectivity index (χ1n) is 4.49. The Kier molecular flexibility index (Phi) is 4.43. The Labute approximate surface area is 91.2 Å². The van der Waals surface area contributed by atoms with E-state index < -0.39 is 11.9 Å². The summed E-state index contributed by atoms with van der Waals surface area (Å²) in [6.45, 7) is 1.84. The van der Waals surface area contributed by atoms with Gasteiger partial charge in [0, 0.05) is 0 Å². The Hall–Kier alpha value is -1.92. The highest BCUT2D eigenvalue weighted by molar-refractivity contribution is 6.02. The molecule has 0 fully saturated rings. The molecule has 0 saturated heterocycles. The van der Waals surface area contributed by atoms with Crippen molar-refractivity contribution in [1.82, 2.24) is 0 Å². The van der Waals surface area contributed by atoms with E-state index in [4.69, 9.17) is 5.11 Å². The zero-order valence-electron chi connectivity index (χ0n) is 8.50. The average Bonchev–Trinajstić information content (AvgIpc) is 2.29. The normalized spacial score (nSPS) is 9.81. The maximum Gasteiger partial charge on any atom is 0.377 e. The van der Waals surface area contributed by atoms with Gasteiger partial charge in [0.15, 0.2) is 0 Å². The highest BCUT2D eigenvalue weighted by Gasteiger charge is 2.17. The first-order valence-corrected chi connectivity index (χ1v) is 4.49. The Bertz CT molecular complexity index is 387. The van der Waals surface area contributed by atoms with Crippen LogP contribution in [-0.4, -0.2) is 23.7 Å². The highest BCUT2D eigenvalue weighted by atomic mass is 17.5. The van der Waals surface area contributed by atoms with Crippen LogP contribution in [0.1, 0.15) is 27.6 Å².